The van der Waals surface area contributed by atoms with E-state index < -0.39 is 0 Å². The van der Waals surface area contributed by atoms with Crippen molar-refractivity contribution in [2.45, 2.75) is 13.1 Å². The number of nitrogens with zero attached hydrogens (tertiary/aromatic N) is 3. The summed E-state index contributed by atoms with van der Waals surface area (Å²) < 4.78 is 12.6. The lowest BCUT2D eigenvalue weighted by Crippen LogP contribution is -2.36. The van der Waals surface area contributed by atoms with Gasteiger partial charge in [0.2, 0.25) is 0 Å². The van der Waals surface area contributed by atoms with Crippen molar-refractivity contribution in [1.29, 1.82) is 0 Å². The number of guanidine groups is 1. The van der Waals surface area contributed by atoms with Crippen molar-refractivity contribution < 1.29 is 9.47 Å². The summed E-state index contributed by atoms with van der Waals surface area (Å²) in [5, 5.41) is 8.57. The maximum Gasteiger partial charge on any atom is 0.193 e. The van der Waals surface area contributed by atoms with E-state index in [1.807, 2.05) is 40.4 Å². The number of hydrogen-bond donors (Lipinski definition) is 2. The molecule has 3 aromatic rings. The molecule has 0 unspecified atom stereocenters. The van der Waals surface area contributed by atoms with Gasteiger partial charge < -0.3 is 20.1 Å². The molecule has 2 N–H and O–H groups in total. The summed E-state index contributed by atoms with van der Waals surface area (Å²) in [6.07, 6.45) is 4.01. The van der Waals surface area contributed by atoms with Crippen LogP contribution in [0.25, 0.3) is 4.96 Å². The van der Waals surface area contributed by atoms with Crippen LogP contribution >= 0.6 is 11.3 Å². The molecule has 8 heteroatoms. The van der Waals surface area contributed by atoms with Crippen LogP contribution in [0.1, 0.15) is 11.3 Å². The number of thiazole rings is 1. The second kappa shape index (κ2) is 7.89. The van der Waals surface area contributed by atoms with E-state index in [0.29, 0.717) is 30.5 Å². The van der Waals surface area contributed by atoms with Crippen molar-refractivity contribution in [2.24, 2.45) is 4.99 Å². The number of aliphatic imine (C=N–C) groups is 1. The molecular formula is C17H21N5O2S. The highest BCUT2D eigenvalue weighted by molar-refractivity contribution is 7.15. The summed E-state index contributed by atoms with van der Waals surface area (Å²) >= 11 is 1.62. The summed E-state index contributed by atoms with van der Waals surface area (Å²) in [5.41, 5.74) is 2.05. The fourth-order valence-corrected chi connectivity index (χ4v) is 3.15. The van der Waals surface area contributed by atoms with Gasteiger partial charge in [0.25, 0.3) is 0 Å². The molecule has 0 radical (unpaired) electrons. The molecule has 0 aliphatic carbocycles. The number of hydrogen-bond acceptors (Lipinski definition) is 5. The van der Waals surface area contributed by atoms with Gasteiger partial charge in [-0.15, -0.1) is 11.3 Å². The molecule has 2 heterocycles. The van der Waals surface area contributed by atoms with Gasteiger partial charge >= 0.3 is 0 Å². The molecule has 25 heavy (non-hydrogen) atoms. The van der Waals surface area contributed by atoms with E-state index in [9.17, 15) is 0 Å². The number of benzene rings is 1. The lowest BCUT2D eigenvalue weighted by atomic mass is 10.2. The fourth-order valence-electron chi connectivity index (χ4n) is 2.43. The molecule has 0 aliphatic heterocycles. The number of nitrogens with one attached hydrogen (secondary N) is 2. The second-order valence-electron chi connectivity index (χ2n) is 5.29. The first-order valence-corrected chi connectivity index (χ1v) is 8.68. The lowest BCUT2D eigenvalue weighted by Gasteiger charge is -2.13. The Morgan fingerprint density at radius 1 is 1.20 bits per heavy atom. The number of methoxy groups -OCH3 is 2. The second-order valence-corrected chi connectivity index (χ2v) is 6.17. The molecule has 0 bridgehead atoms. The van der Waals surface area contributed by atoms with E-state index in [4.69, 9.17) is 9.47 Å². The minimum absolute atomic E-state index is 0.611. The number of imidazole rings is 1. The maximum atomic E-state index is 5.33. The van der Waals surface area contributed by atoms with Crippen LogP contribution in [0.15, 0.2) is 41.0 Å². The minimum atomic E-state index is 0.611. The molecule has 0 fully saturated rings. The topological polar surface area (TPSA) is 72.2 Å². The third-order valence-electron chi connectivity index (χ3n) is 3.71. The Morgan fingerprint density at radius 2 is 2.00 bits per heavy atom. The third kappa shape index (κ3) is 4.03. The van der Waals surface area contributed by atoms with E-state index >= 15 is 0 Å². The molecule has 7 nitrogen and oxygen atoms in total. The number of fused-ring (bicyclic) bond motifs is 1. The van der Waals surface area contributed by atoms with Crippen molar-refractivity contribution in [2.75, 3.05) is 21.3 Å². The molecule has 1 aromatic carbocycles. The molecule has 0 spiro atoms. The van der Waals surface area contributed by atoms with Gasteiger partial charge in [-0.05, 0) is 17.7 Å². The Labute approximate surface area is 150 Å². The van der Waals surface area contributed by atoms with Gasteiger partial charge in [-0.2, -0.15) is 0 Å². The average molecular weight is 359 g/mol. The molecule has 0 atom stereocenters. The van der Waals surface area contributed by atoms with Crippen molar-refractivity contribution in [3.63, 3.8) is 0 Å². The summed E-state index contributed by atoms with van der Waals surface area (Å²) in [6, 6.07) is 5.83. The minimum Gasteiger partial charge on any atom is -0.493 e. The van der Waals surface area contributed by atoms with E-state index in [0.717, 1.165) is 16.2 Å². The number of rotatable bonds is 6. The zero-order chi connectivity index (χ0) is 17.6. The Balaban J connectivity index is 1.56. The summed E-state index contributed by atoms with van der Waals surface area (Å²) in [6.45, 7) is 1.23. The third-order valence-corrected chi connectivity index (χ3v) is 4.48. The molecular weight excluding hydrogens is 338 g/mol. The van der Waals surface area contributed by atoms with Crippen molar-refractivity contribution in [3.8, 4) is 11.5 Å². The normalized spacial score (nSPS) is 11.6. The smallest absolute Gasteiger partial charge is 0.193 e. The zero-order valence-electron chi connectivity index (χ0n) is 14.4. The molecule has 3 rings (SSSR count). The van der Waals surface area contributed by atoms with Crippen LogP contribution in [0.3, 0.4) is 0 Å². The quantitative estimate of drug-likeness (QED) is 0.522. The summed E-state index contributed by atoms with van der Waals surface area (Å²) in [5.74, 6) is 2.14. The van der Waals surface area contributed by atoms with Crippen LogP contribution in [0.2, 0.25) is 0 Å². The van der Waals surface area contributed by atoms with E-state index in [-0.39, 0.29) is 0 Å². The molecule has 0 saturated heterocycles. The molecule has 0 aliphatic rings. The van der Waals surface area contributed by atoms with Crippen molar-refractivity contribution in [1.82, 2.24) is 20.0 Å². The van der Waals surface area contributed by atoms with Gasteiger partial charge in [-0.25, -0.2) is 4.98 Å². The van der Waals surface area contributed by atoms with Gasteiger partial charge in [0, 0.05) is 31.4 Å². The van der Waals surface area contributed by atoms with Crippen LogP contribution < -0.4 is 20.1 Å². The van der Waals surface area contributed by atoms with Gasteiger partial charge in [0.15, 0.2) is 22.4 Å². The summed E-state index contributed by atoms with van der Waals surface area (Å²) in [4.78, 5) is 9.78. The van der Waals surface area contributed by atoms with Crippen LogP contribution in [-0.4, -0.2) is 36.6 Å². The Hall–Kier alpha value is -2.74. The highest BCUT2D eigenvalue weighted by atomic mass is 32.1. The molecule has 132 valence electrons. The van der Waals surface area contributed by atoms with Crippen LogP contribution in [-0.2, 0) is 13.1 Å². The Bertz CT molecular complexity index is 842. The van der Waals surface area contributed by atoms with Gasteiger partial charge in [0.05, 0.1) is 26.5 Å². The fraction of sp³-hybridized carbons (Fsp3) is 0.294. The molecule has 2 aromatic heterocycles. The van der Waals surface area contributed by atoms with Crippen molar-refractivity contribution in [3.05, 3.63) is 47.2 Å². The number of ether oxygens (including phenoxy) is 2. The monoisotopic (exact) mass is 359 g/mol. The Kier molecular flexibility index (Phi) is 5.39. The largest absolute Gasteiger partial charge is 0.493 e. The first-order valence-electron chi connectivity index (χ1n) is 7.80. The maximum absolute atomic E-state index is 5.33. The highest BCUT2D eigenvalue weighted by Gasteiger charge is 2.06. The average Bonchev–Trinajstić information content (AvgIpc) is 3.23. The molecule has 0 amide bonds. The zero-order valence-corrected chi connectivity index (χ0v) is 15.3. The van der Waals surface area contributed by atoms with E-state index in [1.54, 1.807) is 32.6 Å². The van der Waals surface area contributed by atoms with Crippen LogP contribution in [0, 0.1) is 0 Å². The predicted molar refractivity (Wildman–Crippen MR) is 99.7 cm³/mol. The summed E-state index contributed by atoms with van der Waals surface area (Å²) in [7, 11) is 5.00. The first-order chi connectivity index (χ1) is 12.2. The first kappa shape index (κ1) is 17.1. The van der Waals surface area contributed by atoms with Gasteiger partial charge in [-0.3, -0.25) is 9.39 Å². The SMILES string of the molecule is CN=C(NCc1ccc(OC)c(OC)c1)NCc1cn2ccsc2n1. The van der Waals surface area contributed by atoms with Crippen LogP contribution in [0.5, 0.6) is 11.5 Å². The van der Waals surface area contributed by atoms with Crippen molar-refractivity contribution >= 4 is 22.3 Å². The lowest BCUT2D eigenvalue weighted by molar-refractivity contribution is 0.354. The standard InChI is InChI=1S/C17H21N5O2S/c1-18-16(20-10-13-11-22-6-7-25-17(22)21-13)19-9-12-4-5-14(23-2)15(8-12)24-3/h4-8,11H,9-10H2,1-3H3,(H2,18,19,20). The van der Waals surface area contributed by atoms with Gasteiger partial charge in [0.1, 0.15) is 0 Å². The van der Waals surface area contributed by atoms with E-state index in [2.05, 4.69) is 20.6 Å². The van der Waals surface area contributed by atoms with E-state index in [1.165, 1.54) is 0 Å². The number of aromatic nitrogens is 2. The van der Waals surface area contributed by atoms with Crippen LogP contribution in [0.4, 0.5) is 0 Å². The molecule has 0 saturated carbocycles. The predicted octanol–water partition coefficient (Wildman–Crippen LogP) is 2.28. The highest BCUT2D eigenvalue weighted by Crippen LogP contribution is 2.27. The Morgan fingerprint density at radius 3 is 2.72 bits per heavy atom. The van der Waals surface area contributed by atoms with Gasteiger partial charge in [-0.1, -0.05) is 6.07 Å².